The van der Waals surface area contributed by atoms with Crippen LogP contribution < -0.4 is 80.9 Å². The maximum absolute atomic E-state index is 0. The van der Waals surface area contributed by atoms with Crippen LogP contribution in [0.3, 0.4) is 0 Å². The molecule has 27 valence electrons. The van der Waals surface area contributed by atoms with E-state index >= 15 is 0 Å². The summed E-state index contributed by atoms with van der Waals surface area (Å²) >= 11 is 0. The first-order valence-corrected chi connectivity index (χ1v) is 0. The summed E-state index contributed by atoms with van der Waals surface area (Å²) in [6.07, 6.45) is 0. The maximum Gasteiger partial charge on any atom is 2.00 e. The molecule has 0 atom stereocenters. The summed E-state index contributed by atoms with van der Waals surface area (Å²) in [7, 11) is 0. The Bertz CT molecular complexity index is 27.5. The van der Waals surface area contributed by atoms with E-state index in [1.807, 2.05) is 0 Å². The molecule has 0 nitrogen and oxygen atoms in total. The molecule has 0 rings (SSSR count). The summed E-state index contributed by atoms with van der Waals surface area (Å²) in [6, 6.07) is 0. The molecule has 0 saturated carbocycles. The summed E-state index contributed by atoms with van der Waals surface area (Å²) in [4.78, 5) is 0. The van der Waals surface area contributed by atoms with Crippen LogP contribution in [0.5, 0.6) is 0 Å². The summed E-state index contributed by atoms with van der Waals surface area (Å²) in [6.45, 7) is 0. The Labute approximate surface area is 173 Å². The fourth-order valence-electron chi connectivity index (χ4n) is 0. The molecule has 0 bridgehead atoms. The second-order valence-electron chi connectivity index (χ2n) is 0. The summed E-state index contributed by atoms with van der Waals surface area (Å²) in [5.74, 6) is 0. The molecular weight excluding hydrogens is 210 g/mol. The normalized spacial score (nSPS) is 0. The van der Waals surface area contributed by atoms with Crippen LogP contribution in [0.4, 0.5) is 0 Å². The molecule has 1 radical (unpaired) electrons. The molecule has 0 aliphatic heterocycles. The van der Waals surface area contributed by atoms with Gasteiger partial charge in [-0.1, -0.05) is 0 Å². The summed E-state index contributed by atoms with van der Waals surface area (Å²) in [5, 5.41) is 0. The Morgan fingerprint density at radius 3 is 1.17 bits per heavy atom. The zero-order valence-corrected chi connectivity index (χ0v) is 16.6. The van der Waals surface area contributed by atoms with E-state index in [9.17, 15) is 0 Å². The van der Waals surface area contributed by atoms with Crippen LogP contribution in [0, 0.1) is 0 Å². The van der Waals surface area contributed by atoms with Crippen molar-refractivity contribution >= 4 is 71.8 Å². The minimum atomic E-state index is 0. The van der Waals surface area contributed by atoms with Crippen molar-refractivity contribution in [2.45, 2.75) is 0 Å². The molecule has 0 aromatic carbocycles. The van der Waals surface area contributed by atoms with Gasteiger partial charge >= 0.3 is 142 Å². The molecule has 0 saturated heterocycles. The fourth-order valence-corrected chi connectivity index (χ4v) is 0. The van der Waals surface area contributed by atoms with E-state index in [0.717, 1.165) is 0 Å². The Kier molecular flexibility index (Phi) is 222. The molecule has 0 N–H and O–H groups in total. The van der Waals surface area contributed by atoms with E-state index in [4.69, 9.17) is 0 Å². The van der Waals surface area contributed by atoms with Gasteiger partial charge in [0.15, 0.2) is 0 Å². The Morgan fingerprint density at radius 2 is 1.17 bits per heavy atom. The van der Waals surface area contributed by atoms with Crippen LogP contribution in [0.1, 0.15) is 8.56 Å². The van der Waals surface area contributed by atoms with Gasteiger partial charge in [0, 0.05) is 17.1 Å². The van der Waals surface area contributed by atoms with Crippen LogP contribution in [0.15, 0.2) is 0 Å². The summed E-state index contributed by atoms with van der Waals surface area (Å²) < 4.78 is 0. The average molecular weight is 219 g/mol. The second-order valence-corrected chi connectivity index (χ2v) is 0. The van der Waals surface area contributed by atoms with Gasteiger partial charge in [0.2, 0.25) is 0 Å². The molecule has 0 heterocycles. The van der Waals surface area contributed by atoms with Crippen molar-refractivity contribution in [3.05, 3.63) is 0 Å². The molecule has 6 heteroatoms. The second kappa shape index (κ2) is 31.5. The molecular formula is H9CaFeKMgNaSi. The van der Waals surface area contributed by atoms with Gasteiger partial charge in [0.05, 0.1) is 0 Å². The van der Waals surface area contributed by atoms with Gasteiger partial charge in [-0.05, 0) is 11.0 Å². The van der Waals surface area contributed by atoms with Crippen LogP contribution in [0.25, 0.3) is 0 Å². The van der Waals surface area contributed by atoms with Crippen LogP contribution >= 0.6 is 0 Å². The SMILES string of the molecule is [Ca+2].[Fe].[H-].[H-].[H-].[H-].[H-].[H-].[K+].[Mg+2].[Na+].[SiH3]. The van der Waals surface area contributed by atoms with Gasteiger partial charge in [0.25, 0.3) is 0 Å². The van der Waals surface area contributed by atoms with Gasteiger partial charge in [-0.2, -0.15) is 0 Å². The molecule has 0 fully saturated rings. The molecule has 0 aromatic rings. The first kappa shape index (κ1) is 42.3. The van der Waals surface area contributed by atoms with Crippen molar-refractivity contribution in [3.63, 3.8) is 0 Å². The van der Waals surface area contributed by atoms with Crippen LogP contribution in [-0.2, 0) is 17.1 Å². The van der Waals surface area contributed by atoms with Crippen molar-refractivity contribution in [2.24, 2.45) is 0 Å². The van der Waals surface area contributed by atoms with E-state index < -0.39 is 0 Å². The standard InChI is InChI=1S/Ca.Fe.K.Mg.Na.H3Si.6H/h;;;;;1H3;;;;;;/q+2;;+1;+2;+1;;6*-1. The molecule has 0 amide bonds. The van der Waals surface area contributed by atoms with E-state index in [2.05, 4.69) is 0 Å². The van der Waals surface area contributed by atoms with Crippen LogP contribution in [-0.4, -0.2) is 71.8 Å². The third kappa shape index (κ3) is 22.7. The zero-order chi connectivity index (χ0) is 0. The average Bonchev–Trinajstić information content (AvgIpc) is 0. The summed E-state index contributed by atoms with van der Waals surface area (Å²) in [5.41, 5.74) is 0. The van der Waals surface area contributed by atoms with Crippen LogP contribution in [0.2, 0.25) is 0 Å². The van der Waals surface area contributed by atoms with Crippen molar-refractivity contribution < 1.29 is 107 Å². The van der Waals surface area contributed by atoms with Crippen molar-refractivity contribution in [3.8, 4) is 0 Å². The fraction of sp³-hybridized carbons (Fsp3) is 0. The van der Waals surface area contributed by atoms with E-state index in [1.54, 1.807) is 0 Å². The first-order valence-electron chi connectivity index (χ1n) is 0. The maximum atomic E-state index is 0. The number of hydrogen-bond donors (Lipinski definition) is 0. The van der Waals surface area contributed by atoms with Gasteiger partial charge < -0.3 is 8.56 Å². The smallest absolute Gasteiger partial charge is 1.00 e. The Morgan fingerprint density at radius 1 is 1.17 bits per heavy atom. The third-order valence-corrected chi connectivity index (χ3v) is 0. The van der Waals surface area contributed by atoms with Gasteiger partial charge in [-0.15, -0.1) is 0 Å². The van der Waals surface area contributed by atoms with E-state index in [0.29, 0.717) is 0 Å². The molecule has 0 spiro atoms. The number of rotatable bonds is 0. The molecule has 0 aliphatic rings. The first-order chi connectivity index (χ1) is 0. The zero-order valence-electron chi connectivity index (χ0n) is 10.8. The molecule has 0 unspecified atom stereocenters. The third-order valence-electron chi connectivity index (χ3n) is 0. The van der Waals surface area contributed by atoms with Crippen molar-refractivity contribution in [1.29, 1.82) is 0 Å². The van der Waals surface area contributed by atoms with Crippen molar-refractivity contribution in [2.75, 3.05) is 0 Å². The Balaban J connectivity index is 0. The van der Waals surface area contributed by atoms with Gasteiger partial charge in [0.1, 0.15) is 0 Å². The topological polar surface area (TPSA) is 0 Å². The molecule has 6 heavy (non-hydrogen) atoms. The predicted octanol–water partition coefficient (Wildman–Crippen LogP) is -7.26. The van der Waals surface area contributed by atoms with Crippen molar-refractivity contribution in [1.82, 2.24) is 0 Å². The predicted molar refractivity (Wildman–Crippen MR) is 28.1 cm³/mol. The Hall–Kier alpha value is 5.40. The van der Waals surface area contributed by atoms with Gasteiger partial charge in [-0.25, -0.2) is 0 Å². The monoisotopic (exact) mass is 219 g/mol. The number of hydrogen-bond acceptors (Lipinski definition) is 0. The van der Waals surface area contributed by atoms with Gasteiger partial charge in [-0.3, -0.25) is 0 Å². The largest absolute Gasteiger partial charge is 2.00 e. The molecule has 0 aromatic heterocycles. The van der Waals surface area contributed by atoms with E-state index in [-0.39, 0.29) is 178 Å². The quantitative estimate of drug-likeness (QED) is 0.355. The minimum absolute atomic E-state index is 0. The minimum Gasteiger partial charge on any atom is -1.00 e. The molecule has 0 aliphatic carbocycles. The van der Waals surface area contributed by atoms with E-state index in [1.165, 1.54) is 0 Å².